The number of hydrogen-bond donors (Lipinski definition) is 1. The first-order valence-electron chi connectivity index (χ1n) is 13.5. The second-order valence-corrected chi connectivity index (χ2v) is 13.7. The van der Waals surface area contributed by atoms with Gasteiger partial charge in [-0.2, -0.15) is 30.4 Å². The highest BCUT2D eigenvalue weighted by Gasteiger charge is 2.66. The molecule has 226 valence electrons. The second-order valence-electron chi connectivity index (χ2n) is 12.2. The van der Waals surface area contributed by atoms with E-state index in [-0.39, 0.29) is 65.7 Å². The highest BCUT2D eigenvalue weighted by Crippen LogP contribution is 2.63. The maximum Gasteiger partial charge on any atom is 0.432 e. The Hall–Kier alpha value is -1.96. The van der Waals surface area contributed by atoms with Crippen molar-refractivity contribution in [1.29, 1.82) is 0 Å². The maximum absolute atomic E-state index is 13.7. The molecule has 4 aliphatic carbocycles. The van der Waals surface area contributed by atoms with Crippen molar-refractivity contribution in [1.82, 2.24) is 0 Å². The molecule has 0 bridgehead atoms. The summed E-state index contributed by atoms with van der Waals surface area (Å²) >= 11 is 0. The maximum atomic E-state index is 13.7. The van der Waals surface area contributed by atoms with Crippen molar-refractivity contribution in [3.8, 4) is 0 Å². The average molecular weight is 601 g/mol. The van der Waals surface area contributed by atoms with Crippen LogP contribution in [-0.4, -0.2) is 53.8 Å². The largest absolute Gasteiger partial charge is 0.445 e. The fourth-order valence-electron chi connectivity index (χ4n) is 8.30. The summed E-state index contributed by atoms with van der Waals surface area (Å²) < 4.78 is 101. The molecule has 9 atom stereocenters. The van der Waals surface area contributed by atoms with Gasteiger partial charge in [0.15, 0.2) is 0 Å². The van der Waals surface area contributed by atoms with Gasteiger partial charge in [0.2, 0.25) is 0 Å². The third kappa shape index (κ3) is 5.22. The highest BCUT2D eigenvalue weighted by atomic mass is 32.2. The van der Waals surface area contributed by atoms with E-state index in [1.807, 2.05) is 0 Å². The van der Waals surface area contributed by atoms with Gasteiger partial charge in [0, 0.05) is 43.4 Å². The van der Waals surface area contributed by atoms with Crippen molar-refractivity contribution in [2.45, 2.75) is 89.2 Å². The number of fused-ring (bicyclic) bond motifs is 5. The van der Waals surface area contributed by atoms with Crippen molar-refractivity contribution < 1.29 is 58.8 Å². The van der Waals surface area contributed by atoms with E-state index in [2.05, 4.69) is 4.74 Å². The lowest BCUT2D eigenvalue weighted by Crippen LogP contribution is -2.56. The molecule has 1 N–H and O–H groups in total. The van der Waals surface area contributed by atoms with Crippen molar-refractivity contribution in [3.05, 3.63) is 0 Å². The molecule has 0 radical (unpaired) electrons. The predicted molar refractivity (Wildman–Crippen MR) is 127 cm³/mol. The third-order valence-electron chi connectivity index (χ3n) is 10.2. The summed E-state index contributed by atoms with van der Waals surface area (Å²) in [6.45, 7) is 3.48. The minimum absolute atomic E-state index is 0.0223. The predicted octanol–water partition coefficient (Wildman–Crippen LogP) is 4.55. The first-order valence-corrected chi connectivity index (χ1v) is 14.9. The number of carbonyl (C=O) groups excluding carboxylic acids is 4. The number of rotatable bonds is 7. The Morgan fingerprint density at radius 1 is 1.05 bits per heavy atom. The molecule has 0 amide bonds. The van der Waals surface area contributed by atoms with Crippen LogP contribution in [0.5, 0.6) is 0 Å². The Balaban J connectivity index is 1.45. The zero-order valence-electron chi connectivity index (χ0n) is 22.1. The summed E-state index contributed by atoms with van der Waals surface area (Å²) in [6.07, 6.45) is -8.20. The molecular weight excluding hydrogens is 567 g/mol. The molecule has 0 saturated heterocycles. The Morgan fingerprint density at radius 3 is 2.30 bits per heavy atom. The van der Waals surface area contributed by atoms with Gasteiger partial charge in [-0.05, 0) is 61.2 Å². The Labute approximate surface area is 228 Å². The van der Waals surface area contributed by atoms with Crippen LogP contribution in [0.25, 0.3) is 0 Å². The molecule has 0 aromatic carbocycles. The molecule has 4 saturated carbocycles. The van der Waals surface area contributed by atoms with Crippen LogP contribution in [0.2, 0.25) is 0 Å². The molecule has 0 heterocycles. The van der Waals surface area contributed by atoms with Crippen LogP contribution in [0.3, 0.4) is 0 Å². The minimum atomic E-state index is -6.54. The molecule has 8 nitrogen and oxygen atoms in total. The van der Waals surface area contributed by atoms with Crippen LogP contribution in [0.4, 0.5) is 22.0 Å². The quantitative estimate of drug-likeness (QED) is 0.256. The molecule has 14 heteroatoms. The lowest BCUT2D eigenvalue weighted by Gasteiger charge is -2.54. The molecule has 2 unspecified atom stereocenters. The van der Waals surface area contributed by atoms with Crippen LogP contribution < -0.4 is 0 Å². The minimum Gasteiger partial charge on any atom is -0.445 e. The van der Waals surface area contributed by atoms with Gasteiger partial charge in [-0.25, -0.2) is 0 Å². The second kappa shape index (κ2) is 10.4. The topological polar surface area (TPSA) is 132 Å². The van der Waals surface area contributed by atoms with Crippen molar-refractivity contribution in [2.75, 3.05) is 0 Å². The number of esters is 1. The number of carbonyl (C=O) groups is 4. The van der Waals surface area contributed by atoms with Gasteiger partial charge in [-0.3, -0.25) is 23.7 Å². The standard InChI is InChI=1S/C26H33F5O8S/c1-12(3-8-21(35)39-23(25(27,28)29)26(30,31)40(36,37)38)17-6-7-18-22-16(11-20(34)24(17,18)2)15-5-4-14(32)9-13(15)10-19(22)33/h12-13,15-18,22-23H,3-11H2,1-2H3,(H,36,37,38)/t12?,13-,15-,16+,17+,18-,22+,23?,24+/m0/s1. The summed E-state index contributed by atoms with van der Waals surface area (Å²) in [7, 11) is -6.54. The number of halogens is 5. The molecular formula is C26H33F5O8S. The van der Waals surface area contributed by atoms with Gasteiger partial charge < -0.3 is 4.74 Å². The SMILES string of the molecule is CC(CCC(=O)OC(C(F)(F)F)C(F)(F)S(=O)(=O)O)[C@H]1CC[C@H]2[C@@H]3C(=O)C[C@@H]4CC(=O)CC[C@@H]4[C@H]3CC(=O)[C@]12C. The van der Waals surface area contributed by atoms with Crippen molar-refractivity contribution >= 4 is 33.4 Å². The Kier molecular flexibility index (Phi) is 8.05. The molecule has 4 aliphatic rings. The van der Waals surface area contributed by atoms with Crippen LogP contribution in [0.1, 0.15) is 71.6 Å². The van der Waals surface area contributed by atoms with Gasteiger partial charge in [-0.15, -0.1) is 0 Å². The van der Waals surface area contributed by atoms with E-state index in [1.165, 1.54) is 0 Å². The molecule has 0 aromatic heterocycles. The monoisotopic (exact) mass is 600 g/mol. The van der Waals surface area contributed by atoms with E-state index in [0.717, 1.165) is 0 Å². The molecule has 0 spiro atoms. The van der Waals surface area contributed by atoms with E-state index in [0.29, 0.717) is 38.5 Å². The average Bonchev–Trinajstić information content (AvgIpc) is 3.17. The van der Waals surface area contributed by atoms with E-state index in [1.54, 1.807) is 13.8 Å². The van der Waals surface area contributed by atoms with E-state index >= 15 is 0 Å². The summed E-state index contributed by atoms with van der Waals surface area (Å²) in [5.74, 6) is -2.93. The fraction of sp³-hybridized carbons (Fsp3) is 0.846. The number of ether oxygens (including phenoxy) is 1. The summed E-state index contributed by atoms with van der Waals surface area (Å²) in [5, 5.41) is -5.80. The number of hydrogen-bond acceptors (Lipinski definition) is 7. The molecule has 4 rings (SSSR count). The molecule has 4 fully saturated rings. The fourth-order valence-corrected chi connectivity index (χ4v) is 8.76. The number of ketones is 3. The summed E-state index contributed by atoms with van der Waals surface area (Å²) in [5.41, 5.74) is -0.913. The van der Waals surface area contributed by atoms with Crippen LogP contribution in [0, 0.1) is 46.8 Å². The molecule has 0 aromatic rings. The normalized spacial score (nSPS) is 36.4. The summed E-state index contributed by atoms with van der Waals surface area (Å²) in [6, 6.07) is 0. The third-order valence-corrected chi connectivity index (χ3v) is 11.1. The van der Waals surface area contributed by atoms with E-state index in [4.69, 9.17) is 4.55 Å². The van der Waals surface area contributed by atoms with Crippen LogP contribution >= 0.6 is 0 Å². The van der Waals surface area contributed by atoms with Gasteiger partial charge in [0.1, 0.15) is 17.3 Å². The smallest absolute Gasteiger partial charge is 0.432 e. The van der Waals surface area contributed by atoms with Crippen LogP contribution in [0.15, 0.2) is 0 Å². The van der Waals surface area contributed by atoms with Gasteiger partial charge in [0.25, 0.3) is 6.10 Å². The lowest BCUT2D eigenvalue weighted by atomic mass is 9.48. The van der Waals surface area contributed by atoms with Crippen molar-refractivity contribution in [3.63, 3.8) is 0 Å². The Bertz CT molecular complexity index is 1180. The number of Topliss-reactive ketones (excluding diaryl/α,β-unsaturated/α-hetero) is 3. The van der Waals surface area contributed by atoms with E-state index < -0.39 is 51.4 Å². The molecule has 40 heavy (non-hydrogen) atoms. The zero-order valence-corrected chi connectivity index (χ0v) is 22.9. The Morgan fingerprint density at radius 2 is 1.70 bits per heavy atom. The van der Waals surface area contributed by atoms with Crippen LogP contribution in [-0.2, 0) is 34.0 Å². The summed E-state index contributed by atoms with van der Waals surface area (Å²) in [4.78, 5) is 51.1. The van der Waals surface area contributed by atoms with E-state index in [9.17, 15) is 49.5 Å². The van der Waals surface area contributed by atoms with Gasteiger partial charge in [-0.1, -0.05) is 13.8 Å². The van der Waals surface area contributed by atoms with Gasteiger partial charge >= 0.3 is 27.5 Å². The lowest BCUT2D eigenvalue weighted by molar-refractivity contribution is -0.259. The number of alkyl halides is 5. The first kappa shape index (κ1) is 31.0. The van der Waals surface area contributed by atoms with Crippen molar-refractivity contribution in [2.24, 2.45) is 46.8 Å². The highest BCUT2D eigenvalue weighted by molar-refractivity contribution is 7.86. The zero-order chi connectivity index (χ0) is 30.0. The first-order chi connectivity index (χ1) is 18.3. The van der Waals surface area contributed by atoms with Gasteiger partial charge in [0.05, 0.1) is 0 Å². The molecule has 0 aliphatic heterocycles.